The predicted octanol–water partition coefficient (Wildman–Crippen LogP) is 5.28. The molecule has 2 aromatic carbocycles. The lowest BCUT2D eigenvalue weighted by Crippen LogP contribution is -2.06. The van der Waals surface area contributed by atoms with Crippen molar-refractivity contribution in [1.82, 2.24) is 0 Å². The molecule has 0 saturated heterocycles. The van der Waals surface area contributed by atoms with Gasteiger partial charge in [-0.1, -0.05) is 11.8 Å². The molecule has 0 radical (unpaired) electrons. The van der Waals surface area contributed by atoms with Gasteiger partial charge in [0.15, 0.2) is 0 Å². The van der Waals surface area contributed by atoms with E-state index >= 15 is 0 Å². The molecule has 6 heteroatoms. The number of rotatable bonds is 2. The molecule has 2 rings (SSSR count). The van der Waals surface area contributed by atoms with Crippen molar-refractivity contribution in [3.8, 4) is 0 Å². The average molecular weight is 304 g/mol. The third-order valence-corrected chi connectivity index (χ3v) is 3.67. The highest BCUT2D eigenvalue weighted by molar-refractivity contribution is 7.99. The van der Waals surface area contributed by atoms with Gasteiger partial charge in [-0.25, -0.2) is 4.39 Å². The minimum Gasteiger partial charge on any atom is -0.207 e. The van der Waals surface area contributed by atoms with Gasteiger partial charge < -0.3 is 0 Å². The summed E-state index contributed by atoms with van der Waals surface area (Å²) in [6.07, 6.45) is -4.44. The maximum Gasteiger partial charge on any atom is 0.417 e. The standard InChI is InChI=1S/C13H8F4S2/c14-8-1-4-10(5-2-8)19-12-6-3-9(18)7-11(12)13(15,16)17/h1-7,18H. The zero-order chi connectivity index (χ0) is 14.0. The molecule has 100 valence electrons. The molecule has 0 fully saturated rings. The van der Waals surface area contributed by atoms with Crippen molar-refractivity contribution in [3.05, 3.63) is 53.8 Å². The van der Waals surface area contributed by atoms with Crippen molar-refractivity contribution in [2.45, 2.75) is 20.9 Å². The van der Waals surface area contributed by atoms with Crippen molar-refractivity contribution in [3.63, 3.8) is 0 Å². The Bertz CT molecular complexity index is 576. The van der Waals surface area contributed by atoms with Crippen LogP contribution in [-0.4, -0.2) is 0 Å². The molecule has 0 aliphatic heterocycles. The Morgan fingerprint density at radius 1 is 0.947 bits per heavy atom. The van der Waals surface area contributed by atoms with Gasteiger partial charge in [0.2, 0.25) is 0 Å². The summed E-state index contributed by atoms with van der Waals surface area (Å²) >= 11 is 4.85. The summed E-state index contributed by atoms with van der Waals surface area (Å²) in [4.78, 5) is 0.853. The van der Waals surface area contributed by atoms with Gasteiger partial charge in [0.05, 0.1) is 5.56 Å². The zero-order valence-electron chi connectivity index (χ0n) is 9.41. The molecule has 0 unspecified atom stereocenters. The molecule has 0 aromatic heterocycles. The molecule has 0 N–H and O–H groups in total. The van der Waals surface area contributed by atoms with Gasteiger partial charge in [-0.05, 0) is 42.5 Å². The number of benzene rings is 2. The summed E-state index contributed by atoms with van der Waals surface area (Å²) in [5.74, 6) is -0.425. The van der Waals surface area contributed by atoms with E-state index in [0.717, 1.165) is 17.8 Å². The minimum absolute atomic E-state index is 0.0666. The van der Waals surface area contributed by atoms with Crippen LogP contribution in [0.2, 0.25) is 0 Å². The van der Waals surface area contributed by atoms with Gasteiger partial charge in [0, 0.05) is 14.7 Å². The Kier molecular flexibility index (Phi) is 4.10. The highest BCUT2D eigenvalue weighted by Crippen LogP contribution is 2.40. The Balaban J connectivity index is 2.37. The van der Waals surface area contributed by atoms with Crippen molar-refractivity contribution in [1.29, 1.82) is 0 Å². The lowest BCUT2D eigenvalue weighted by molar-refractivity contribution is -0.139. The van der Waals surface area contributed by atoms with E-state index in [4.69, 9.17) is 0 Å². The number of hydrogen-bond acceptors (Lipinski definition) is 2. The first kappa shape index (κ1) is 14.3. The molecule has 19 heavy (non-hydrogen) atoms. The summed E-state index contributed by atoms with van der Waals surface area (Å²) < 4.78 is 51.4. The molecular formula is C13H8F4S2. The monoisotopic (exact) mass is 304 g/mol. The molecule has 0 nitrogen and oxygen atoms in total. The second-order valence-electron chi connectivity index (χ2n) is 3.73. The Morgan fingerprint density at radius 3 is 2.16 bits per heavy atom. The molecule has 0 heterocycles. The van der Waals surface area contributed by atoms with Crippen molar-refractivity contribution >= 4 is 24.4 Å². The maximum absolute atomic E-state index is 12.9. The van der Waals surface area contributed by atoms with E-state index in [1.807, 2.05) is 0 Å². The molecule has 0 spiro atoms. The van der Waals surface area contributed by atoms with Crippen LogP contribution in [0.15, 0.2) is 57.2 Å². The molecule has 0 atom stereocenters. The number of halogens is 4. The topological polar surface area (TPSA) is 0 Å². The summed E-state index contributed by atoms with van der Waals surface area (Å²) in [5, 5.41) is 0. The third kappa shape index (κ3) is 3.67. The Labute approximate surface area is 117 Å². The van der Waals surface area contributed by atoms with Crippen LogP contribution < -0.4 is 0 Å². The highest BCUT2D eigenvalue weighted by Gasteiger charge is 2.33. The van der Waals surface area contributed by atoms with Crippen LogP contribution in [0, 0.1) is 5.82 Å². The molecule has 2 aromatic rings. The summed E-state index contributed by atoms with van der Waals surface area (Å²) in [7, 11) is 0. The fourth-order valence-corrected chi connectivity index (χ4v) is 2.61. The Morgan fingerprint density at radius 2 is 1.58 bits per heavy atom. The summed E-state index contributed by atoms with van der Waals surface area (Å²) in [6, 6.07) is 9.13. The molecule has 0 aliphatic carbocycles. The van der Waals surface area contributed by atoms with Gasteiger partial charge in [0.25, 0.3) is 0 Å². The smallest absolute Gasteiger partial charge is 0.207 e. The lowest BCUT2D eigenvalue weighted by Gasteiger charge is -2.13. The number of thiol groups is 1. The van der Waals surface area contributed by atoms with E-state index in [0.29, 0.717) is 4.90 Å². The van der Waals surface area contributed by atoms with Crippen LogP contribution in [0.25, 0.3) is 0 Å². The van der Waals surface area contributed by atoms with Gasteiger partial charge in [-0.15, -0.1) is 12.6 Å². The minimum atomic E-state index is -4.44. The van der Waals surface area contributed by atoms with Crippen LogP contribution in [-0.2, 0) is 6.18 Å². The van der Waals surface area contributed by atoms with Crippen molar-refractivity contribution < 1.29 is 17.6 Å². The predicted molar refractivity (Wildman–Crippen MR) is 69.2 cm³/mol. The third-order valence-electron chi connectivity index (χ3n) is 2.31. The quantitative estimate of drug-likeness (QED) is 0.581. The second-order valence-corrected chi connectivity index (χ2v) is 5.37. The normalized spacial score (nSPS) is 11.6. The first-order valence-corrected chi connectivity index (χ1v) is 6.46. The van der Waals surface area contributed by atoms with E-state index < -0.39 is 17.6 Å². The van der Waals surface area contributed by atoms with Crippen LogP contribution in [0.1, 0.15) is 5.56 Å². The second kappa shape index (κ2) is 5.46. The number of hydrogen-bond donors (Lipinski definition) is 1. The van der Waals surface area contributed by atoms with E-state index in [1.165, 1.54) is 36.4 Å². The molecule has 0 saturated carbocycles. The number of alkyl halides is 3. The molecule has 0 bridgehead atoms. The fourth-order valence-electron chi connectivity index (χ4n) is 1.46. The van der Waals surface area contributed by atoms with E-state index in [1.54, 1.807) is 0 Å². The summed E-state index contributed by atoms with van der Waals surface area (Å²) in [6.45, 7) is 0. The van der Waals surface area contributed by atoms with Gasteiger partial charge in [-0.2, -0.15) is 13.2 Å². The van der Waals surface area contributed by atoms with E-state index in [2.05, 4.69) is 12.6 Å². The van der Waals surface area contributed by atoms with E-state index in [9.17, 15) is 17.6 Å². The fraction of sp³-hybridized carbons (Fsp3) is 0.0769. The van der Waals surface area contributed by atoms with Gasteiger partial charge >= 0.3 is 6.18 Å². The molecule has 0 amide bonds. The van der Waals surface area contributed by atoms with Crippen LogP contribution in [0.5, 0.6) is 0 Å². The first-order chi connectivity index (χ1) is 8.86. The maximum atomic E-state index is 12.9. The van der Waals surface area contributed by atoms with Crippen molar-refractivity contribution in [2.75, 3.05) is 0 Å². The average Bonchev–Trinajstić information content (AvgIpc) is 2.33. The first-order valence-electron chi connectivity index (χ1n) is 5.20. The van der Waals surface area contributed by atoms with Gasteiger partial charge in [0.1, 0.15) is 5.82 Å². The SMILES string of the molecule is Fc1ccc(Sc2ccc(S)cc2C(F)(F)F)cc1. The van der Waals surface area contributed by atoms with E-state index in [-0.39, 0.29) is 9.79 Å². The molecular weight excluding hydrogens is 296 g/mol. The Hall–Kier alpha value is -1.14. The van der Waals surface area contributed by atoms with Crippen molar-refractivity contribution in [2.24, 2.45) is 0 Å². The summed E-state index contributed by atoms with van der Waals surface area (Å²) in [5.41, 5.74) is -0.741. The highest BCUT2D eigenvalue weighted by atomic mass is 32.2. The van der Waals surface area contributed by atoms with Crippen LogP contribution >= 0.6 is 24.4 Å². The van der Waals surface area contributed by atoms with Gasteiger partial charge in [-0.3, -0.25) is 0 Å². The van der Waals surface area contributed by atoms with Crippen LogP contribution in [0.3, 0.4) is 0 Å². The van der Waals surface area contributed by atoms with Crippen LogP contribution in [0.4, 0.5) is 17.6 Å². The molecule has 0 aliphatic rings. The largest absolute Gasteiger partial charge is 0.417 e. The zero-order valence-corrected chi connectivity index (χ0v) is 11.1. The lowest BCUT2D eigenvalue weighted by atomic mass is 10.2.